The summed E-state index contributed by atoms with van der Waals surface area (Å²) in [5.41, 5.74) is 1.20. The lowest BCUT2D eigenvalue weighted by Crippen LogP contribution is -2.24. The zero-order chi connectivity index (χ0) is 12.7. The number of nitrogens with one attached hydrogen (secondary N) is 1. The lowest BCUT2D eigenvalue weighted by molar-refractivity contribution is 0.182. The number of ether oxygens (including phenoxy) is 1. The number of thioether (sulfide) groups is 1. The van der Waals surface area contributed by atoms with Crippen LogP contribution >= 0.6 is 27.7 Å². The molecule has 0 aliphatic carbocycles. The Morgan fingerprint density at radius 3 is 3.00 bits per heavy atom. The monoisotopic (exact) mass is 321 g/mol. The number of nitrogens with zero attached hydrogens (tertiary/aromatic N) is 2. The topological polar surface area (TPSA) is 39.1 Å². The highest BCUT2D eigenvalue weighted by atomic mass is 79.9. The van der Waals surface area contributed by atoms with Gasteiger partial charge in [0.15, 0.2) is 0 Å². The van der Waals surface area contributed by atoms with Crippen molar-refractivity contribution in [2.75, 3.05) is 32.3 Å². The molecular formula is C11H20BrN3OS. The highest BCUT2D eigenvalue weighted by Gasteiger charge is 2.18. The Morgan fingerprint density at radius 1 is 1.65 bits per heavy atom. The predicted molar refractivity (Wildman–Crippen MR) is 76.6 cm³/mol. The molecule has 1 aromatic rings. The lowest BCUT2D eigenvalue weighted by atomic mass is 10.2. The Balaban J connectivity index is 2.80. The van der Waals surface area contributed by atoms with Crippen LogP contribution in [0.1, 0.15) is 18.7 Å². The van der Waals surface area contributed by atoms with Crippen LogP contribution in [0.3, 0.4) is 0 Å². The molecule has 0 saturated carbocycles. The third kappa shape index (κ3) is 4.28. The molecule has 0 radical (unpaired) electrons. The standard InChI is InChI=1S/C11H20BrN3OS/c1-4-17-8-10(13-2)11-9(12)7-14-15(11)5-6-16-3/h7,10,13H,4-6,8H2,1-3H3. The molecule has 1 N–H and O–H groups in total. The summed E-state index contributed by atoms with van der Waals surface area (Å²) in [7, 11) is 3.70. The Kier molecular flexibility index (Phi) is 7.18. The molecule has 4 nitrogen and oxygen atoms in total. The van der Waals surface area contributed by atoms with E-state index >= 15 is 0 Å². The molecule has 0 amide bonds. The average Bonchev–Trinajstić information content (AvgIpc) is 2.70. The summed E-state index contributed by atoms with van der Waals surface area (Å²) in [5, 5.41) is 7.72. The quantitative estimate of drug-likeness (QED) is 0.797. The number of rotatable bonds is 8. The van der Waals surface area contributed by atoms with Crippen molar-refractivity contribution in [3.05, 3.63) is 16.4 Å². The van der Waals surface area contributed by atoms with Crippen molar-refractivity contribution < 1.29 is 4.74 Å². The third-order valence-corrected chi connectivity index (χ3v) is 4.10. The van der Waals surface area contributed by atoms with Gasteiger partial charge >= 0.3 is 0 Å². The van der Waals surface area contributed by atoms with Crippen molar-refractivity contribution in [3.63, 3.8) is 0 Å². The molecule has 1 rings (SSSR count). The van der Waals surface area contributed by atoms with Gasteiger partial charge in [0.25, 0.3) is 0 Å². The molecule has 0 spiro atoms. The highest BCUT2D eigenvalue weighted by molar-refractivity contribution is 9.10. The molecule has 17 heavy (non-hydrogen) atoms. The molecule has 1 aromatic heterocycles. The molecule has 98 valence electrons. The van der Waals surface area contributed by atoms with Gasteiger partial charge < -0.3 is 10.1 Å². The zero-order valence-corrected chi connectivity index (χ0v) is 13.0. The first-order valence-electron chi connectivity index (χ1n) is 5.69. The fourth-order valence-corrected chi connectivity index (χ4v) is 2.98. The minimum atomic E-state index is 0.314. The smallest absolute Gasteiger partial charge is 0.0705 e. The second-order valence-corrected chi connectivity index (χ2v) is 5.77. The van der Waals surface area contributed by atoms with Crippen LogP contribution in [-0.4, -0.2) is 42.1 Å². The molecule has 0 aliphatic heterocycles. The average molecular weight is 322 g/mol. The van der Waals surface area contributed by atoms with Crippen molar-refractivity contribution in [3.8, 4) is 0 Å². The maximum Gasteiger partial charge on any atom is 0.0705 e. The van der Waals surface area contributed by atoms with Crippen molar-refractivity contribution in [2.24, 2.45) is 0 Å². The van der Waals surface area contributed by atoms with Gasteiger partial charge in [-0.2, -0.15) is 16.9 Å². The van der Waals surface area contributed by atoms with Gasteiger partial charge in [-0.3, -0.25) is 4.68 Å². The molecule has 1 atom stereocenters. The van der Waals surface area contributed by atoms with Crippen LogP contribution in [0.4, 0.5) is 0 Å². The zero-order valence-electron chi connectivity index (χ0n) is 10.6. The summed E-state index contributed by atoms with van der Waals surface area (Å²) in [6.07, 6.45) is 1.85. The van der Waals surface area contributed by atoms with Crippen LogP contribution in [-0.2, 0) is 11.3 Å². The van der Waals surface area contributed by atoms with Gasteiger partial charge in [0.1, 0.15) is 0 Å². The first-order chi connectivity index (χ1) is 8.24. The van der Waals surface area contributed by atoms with Gasteiger partial charge in [0.2, 0.25) is 0 Å². The van der Waals surface area contributed by atoms with E-state index in [1.165, 1.54) is 5.69 Å². The van der Waals surface area contributed by atoms with Crippen LogP contribution in [0.2, 0.25) is 0 Å². The van der Waals surface area contributed by atoms with Crippen LogP contribution in [0.15, 0.2) is 10.7 Å². The summed E-state index contributed by atoms with van der Waals surface area (Å²) in [4.78, 5) is 0. The third-order valence-electron chi connectivity index (χ3n) is 2.51. The maximum atomic E-state index is 5.10. The van der Waals surface area contributed by atoms with Crippen LogP contribution in [0.5, 0.6) is 0 Å². The normalized spacial score (nSPS) is 12.9. The number of aromatic nitrogens is 2. The lowest BCUT2D eigenvalue weighted by Gasteiger charge is -2.18. The Labute approximate surface area is 116 Å². The number of halogens is 1. The predicted octanol–water partition coefficient (Wildman–Crippen LogP) is 2.31. The second-order valence-electron chi connectivity index (χ2n) is 3.59. The van der Waals surface area contributed by atoms with E-state index in [1.54, 1.807) is 7.11 Å². The minimum Gasteiger partial charge on any atom is -0.383 e. The van der Waals surface area contributed by atoms with Crippen LogP contribution in [0.25, 0.3) is 0 Å². The first-order valence-corrected chi connectivity index (χ1v) is 7.64. The van der Waals surface area contributed by atoms with Gasteiger partial charge in [0, 0.05) is 12.9 Å². The Bertz CT molecular complexity index is 333. The largest absolute Gasteiger partial charge is 0.383 e. The summed E-state index contributed by atoms with van der Waals surface area (Å²) < 4.78 is 8.17. The van der Waals surface area contributed by atoms with Crippen molar-refractivity contribution in [2.45, 2.75) is 19.5 Å². The van der Waals surface area contributed by atoms with Gasteiger partial charge in [-0.25, -0.2) is 0 Å². The number of hydrogen-bond acceptors (Lipinski definition) is 4. The summed E-state index contributed by atoms with van der Waals surface area (Å²) in [6.45, 7) is 3.64. The maximum absolute atomic E-state index is 5.10. The number of methoxy groups -OCH3 is 1. The fourth-order valence-electron chi connectivity index (χ4n) is 1.61. The van der Waals surface area contributed by atoms with E-state index in [2.05, 4.69) is 33.3 Å². The summed E-state index contributed by atoms with van der Waals surface area (Å²) >= 11 is 5.49. The van der Waals surface area contributed by atoms with Crippen molar-refractivity contribution in [1.82, 2.24) is 15.1 Å². The van der Waals surface area contributed by atoms with Gasteiger partial charge in [-0.1, -0.05) is 6.92 Å². The molecule has 1 unspecified atom stereocenters. The SMILES string of the molecule is CCSCC(NC)c1c(Br)cnn1CCOC. The molecule has 0 saturated heterocycles. The van der Waals surface area contributed by atoms with Crippen LogP contribution in [0, 0.1) is 0 Å². The summed E-state index contributed by atoms with van der Waals surface area (Å²) in [5.74, 6) is 2.17. The van der Waals surface area contributed by atoms with Crippen molar-refractivity contribution in [1.29, 1.82) is 0 Å². The molecular weight excluding hydrogens is 302 g/mol. The van der Waals surface area contributed by atoms with E-state index in [-0.39, 0.29) is 0 Å². The molecule has 6 heteroatoms. The van der Waals surface area contributed by atoms with Crippen LogP contribution < -0.4 is 5.32 Å². The van der Waals surface area contributed by atoms with Gasteiger partial charge in [-0.15, -0.1) is 0 Å². The van der Waals surface area contributed by atoms with E-state index in [4.69, 9.17) is 4.74 Å². The highest BCUT2D eigenvalue weighted by Crippen LogP contribution is 2.25. The molecule has 0 aliphatic rings. The number of hydrogen-bond donors (Lipinski definition) is 1. The first kappa shape index (κ1) is 15.0. The second kappa shape index (κ2) is 8.13. The fraction of sp³-hybridized carbons (Fsp3) is 0.727. The summed E-state index contributed by atoms with van der Waals surface area (Å²) in [6, 6.07) is 0.314. The minimum absolute atomic E-state index is 0.314. The molecule has 1 heterocycles. The van der Waals surface area contributed by atoms with Gasteiger partial charge in [-0.05, 0) is 28.7 Å². The van der Waals surface area contributed by atoms with E-state index in [0.717, 1.165) is 22.5 Å². The van der Waals surface area contributed by atoms with Crippen molar-refractivity contribution >= 4 is 27.7 Å². The van der Waals surface area contributed by atoms with E-state index in [1.807, 2.05) is 29.7 Å². The Hall–Kier alpha value is -0.0400. The Morgan fingerprint density at radius 2 is 2.41 bits per heavy atom. The van der Waals surface area contributed by atoms with E-state index in [0.29, 0.717) is 12.6 Å². The molecule has 0 bridgehead atoms. The molecule has 0 aromatic carbocycles. The van der Waals surface area contributed by atoms with E-state index < -0.39 is 0 Å². The molecule has 0 fully saturated rings. The van der Waals surface area contributed by atoms with E-state index in [9.17, 15) is 0 Å². The van der Waals surface area contributed by atoms with Gasteiger partial charge in [0.05, 0.1) is 35.6 Å².